The maximum Gasteiger partial charge on any atom is 0.304 e. The lowest BCUT2D eigenvalue weighted by molar-refractivity contribution is -0.137. The third-order valence-corrected chi connectivity index (χ3v) is 2.44. The molecule has 0 spiro atoms. The minimum Gasteiger partial charge on any atom is -0.481 e. The number of carbonyl (C=O) groups is 1. The fourth-order valence-electron chi connectivity index (χ4n) is 1.36. The number of rotatable bonds is 4. The Morgan fingerprint density at radius 2 is 2.27 bits per heavy atom. The fourth-order valence-corrected chi connectivity index (χ4v) is 1.69. The molecular formula is C10H11ClFNO2. The summed E-state index contributed by atoms with van der Waals surface area (Å²) in [5, 5.41) is 8.86. The van der Waals surface area contributed by atoms with Crippen molar-refractivity contribution in [3.05, 3.63) is 34.6 Å². The van der Waals surface area contributed by atoms with Gasteiger partial charge in [-0.2, -0.15) is 0 Å². The summed E-state index contributed by atoms with van der Waals surface area (Å²) >= 11 is 5.80. The van der Waals surface area contributed by atoms with Gasteiger partial charge in [0.1, 0.15) is 5.82 Å². The molecule has 1 atom stereocenters. The van der Waals surface area contributed by atoms with Crippen molar-refractivity contribution in [2.45, 2.75) is 12.3 Å². The molecule has 0 aliphatic heterocycles. The van der Waals surface area contributed by atoms with E-state index in [-0.39, 0.29) is 23.9 Å². The lowest BCUT2D eigenvalue weighted by Gasteiger charge is -2.14. The van der Waals surface area contributed by atoms with E-state index in [1.807, 2.05) is 0 Å². The first-order valence-electron chi connectivity index (χ1n) is 4.41. The zero-order valence-corrected chi connectivity index (χ0v) is 8.67. The van der Waals surface area contributed by atoms with Gasteiger partial charge in [0.05, 0.1) is 6.42 Å². The van der Waals surface area contributed by atoms with Crippen molar-refractivity contribution in [2.75, 3.05) is 6.54 Å². The number of hydrogen-bond donors (Lipinski definition) is 2. The highest BCUT2D eigenvalue weighted by atomic mass is 35.5. The molecule has 1 rings (SSSR count). The van der Waals surface area contributed by atoms with Gasteiger partial charge in [-0.05, 0) is 24.2 Å². The molecule has 0 radical (unpaired) electrons. The van der Waals surface area contributed by atoms with Crippen molar-refractivity contribution in [2.24, 2.45) is 5.73 Å². The molecule has 0 aliphatic carbocycles. The Morgan fingerprint density at radius 1 is 1.60 bits per heavy atom. The molecule has 0 aliphatic rings. The van der Waals surface area contributed by atoms with E-state index in [2.05, 4.69) is 0 Å². The van der Waals surface area contributed by atoms with Crippen LogP contribution >= 0.6 is 11.6 Å². The summed E-state index contributed by atoms with van der Waals surface area (Å²) < 4.78 is 12.7. The van der Waals surface area contributed by atoms with Crippen LogP contribution in [0.1, 0.15) is 17.9 Å². The van der Waals surface area contributed by atoms with Crippen LogP contribution in [0.5, 0.6) is 0 Å². The van der Waals surface area contributed by atoms with Gasteiger partial charge in [-0.15, -0.1) is 0 Å². The molecule has 1 aromatic rings. The first kappa shape index (κ1) is 11.9. The van der Waals surface area contributed by atoms with Crippen LogP contribution in [0.3, 0.4) is 0 Å². The summed E-state index contributed by atoms with van der Waals surface area (Å²) in [4.78, 5) is 10.5. The summed E-state index contributed by atoms with van der Waals surface area (Å²) in [6, 6.07) is 3.87. The summed E-state index contributed by atoms with van der Waals surface area (Å²) in [6.07, 6.45) is -0.109. The lowest BCUT2D eigenvalue weighted by Crippen LogP contribution is -2.16. The molecule has 0 amide bonds. The molecule has 82 valence electrons. The van der Waals surface area contributed by atoms with E-state index in [9.17, 15) is 9.18 Å². The minimum absolute atomic E-state index is 0.109. The van der Waals surface area contributed by atoms with Crippen molar-refractivity contribution >= 4 is 17.6 Å². The Morgan fingerprint density at radius 3 is 2.73 bits per heavy atom. The van der Waals surface area contributed by atoms with E-state index in [1.165, 1.54) is 12.1 Å². The Labute approximate surface area is 91.7 Å². The Kier molecular flexibility index (Phi) is 4.05. The van der Waals surface area contributed by atoms with Crippen LogP contribution in [0.4, 0.5) is 4.39 Å². The van der Waals surface area contributed by atoms with Gasteiger partial charge in [0, 0.05) is 10.9 Å². The van der Waals surface area contributed by atoms with E-state index in [0.29, 0.717) is 5.56 Å². The SMILES string of the molecule is NCC(CC(=O)O)c1ccc(F)cc1Cl. The number of nitrogens with two attached hydrogens (primary N) is 1. The maximum atomic E-state index is 12.7. The summed E-state index contributed by atoms with van der Waals surface area (Å²) in [6.45, 7) is 0.164. The van der Waals surface area contributed by atoms with Gasteiger partial charge < -0.3 is 10.8 Å². The van der Waals surface area contributed by atoms with Crippen LogP contribution in [0.15, 0.2) is 18.2 Å². The van der Waals surface area contributed by atoms with Gasteiger partial charge in [0.2, 0.25) is 0 Å². The average molecular weight is 232 g/mol. The zero-order valence-electron chi connectivity index (χ0n) is 7.91. The molecule has 5 heteroatoms. The quantitative estimate of drug-likeness (QED) is 0.833. The predicted molar refractivity (Wildman–Crippen MR) is 55.5 cm³/mol. The van der Waals surface area contributed by atoms with Crippen LogP contribution < -0.4 is 5.73 Å². The van der Waals surface area contributed by atoms with Gasteiger partial charge in [0.15, 0.2) is 0 Å². The second-order valence-corrected chi connectivity index (χ2v) is 3.60. The van der Waals surface area contributed by atoms with Gasteiger partial charge in [0.25, 0.3) is 0 Å². The maximum absolute atomic E-state index is 12.7. The van der Waals surface area contributed by atoms with Gasteiger partial charge in [-0.3, -0.25) is 4.79 Å². The lowest BCUT2D eigenvalue weighted by atomic mass is 9.96. The Hall–Kier alpha value is -1.13. The monoisotopic (exact) mass is 231 g/mol. The first-order valence-corrected chi connectivity index (χ1v) is 4.79. The molecule has 0 saturated heterocycles. The highest BCUT2D eigenvalue weighted by Gasteiger charge is 2.16. The van der Waals surface area contributed by atoms with E-state index >= 15 is 0 Å². The van der Waals surface area contributed by atoms with Crippen LogP contribution in [-0.2, 0) is 4.79 Å². The molecule has 0 heterocycles. The van der Waals surface area contributed by atoms with Crippen molar-refractivity contribution < 1.29 is 14.3 Å². The predicted octanol–water partition coefficient (Wildman–Crippen LogP) is 2.00. The summed E-state index contributed by atoms with van der Waals surface area (Å²) in [5.41, 5.74) is 6.02. The van der Waals surface area contributed by atoms with E-state index < -0.39 is 11.8 Å². The van der Waals surface area contributed by atoms with Crippen molar-refractivity contribution in [3.63, 3.8) is 0 Å². The molecule has 3 nitrogen and oxygen atoms in total. The topological polar surface area (TPSA) is 63.3 Å². The molecule has 0 saturated carbocycles. The molecule has 15 heavy (non-hydrogen) atoms. The van der Waals surface area contributed by atoms with E-state index in [0.717, 1.165) is 6.07 Å². The smallest absolute Gasteiger partial charge is 0.304 e. The van der Waals surface area contributed by atoms with Crippen molar-refractivity contribution in [1.82, 2.24) is 0 Å². The van der Waals surface area contributed by atoms with Crippen LogP contribution in [-0.4, -0.2) is 17.6 Å². The number of halogens is 2. The summed E-state index contributed by atoms with van der Waals surface area (Å²) in [7, 11) is 0. The van der Waals surface area contributed by atoms with Crippen molar-refractivity contribution in [3.8, 4) is 0 Å². The third-order valence-electron chi connectivity index (χ3n) is 2.11. The molecule has 3 N–H and O–H groups in total. The van der Waals surface area contributed by atoms with Gasteiger partial charge >= 0.3 is 5.97 Å². The largest absolute Gasteiger partial charge is 0.481 e. The standard InChI is InChI=1S/C10H11ClFNO2/c11-9-4-7(12)1-2-8(9)6(5-13)3-10(14)15/h1-2,4,6H,3,5,13H2,(H,14,15). The number of hydrogen-bond acceptors (Lipinski definition) is 2. The van der Waals surface area contributed by atoms with Crippen LogP contribution in [0, 0.1) is 5.82 Å². The average Bonchev–Trinajstić information content (AvgIpc) is 2.14. The molecule has 0 aromatic heterocycles. The molecule has 0 bridgehead atoms. The molecule has 0 fully saturated rings. The highest BCUT2D eigenvalue weighted by molar-refractivity contribution is 6.31. The summed E-state index contributed by atoms with van der Waals surface area (Å²) in [5.74, 6) is -1.78. The Balaban J connectivity index is 2.96. The third kappa shape index (κ3) is 3.18. The van der Waals surface area contributed by atoms with Crippen LogP contribution in [0.25, 0.3) is 0 Å². The minimum atomic E-state index is -0.953. The second kappa shape index (κ2) is 5.09. The second-order valence-electron chi connectivity index (χ2n) is 3.20. The first-order chi connectivity index (χ1) is 7.04. The number of carboxylic acids is 1. The molecular weight excluding hydrogens is 221 g/mol. The van der Waals surface area contributed by atoms with Crippen molar-refractivity contribution in [1.29, 1.82) is 0 Å². The fraction of sp³-hybridized carbons (Fsp3) is 0.300. The number of carboxylic acid groups (broad SMARTS) is 1. The van der Waals surface area contributed by atoms with E-state index in [1.54, 1.807) is 0 Å². The zero-order chi connectivity index (χ0) is 11.4. The highest BCUT2D eigenvalue weighted by Crippen LogP contribution is 2.27. The molecule has 1 unspecified atom stereocenters. The number of aliphatic carboxylic acids is 1. The molecule has 1 aromatic carbocycles. The van der Waals surface area contributed by atoms with Gasteiger partial charge in [-0.25, -0.2) is 4.39 Å². The normalized spacial score (nSPS) is 12.5. The van der Waals surface area contributed by atoms with E-state index in [4.69, 9.17) is 22.4 Å². The van der Waals surface area contributed by atoms with Gasteiger partial charge in [-0.1, -0.05) is 17.7 Å². The van der Waals surface area contributed by atoms with Crippen LogP contribution in [0.2, 0.25) is 5.02 Å². The Bertz CT molecular complexity index is 370. The number of benzene rings is 1.